The molecule has 1 aromatic rings. The molecule has 0 unspecified atom stereocenters. The second-order valence-electron chi connectivity index (χ2n) is 7.48. The molecule has 3 heteroatoms. The first-order chi connectivity index (χ1) is 10.7. The molecule has 1 amide bonds. The lowest BCUT2D eigenvalue weighted by atomic mass is 9.62. The molecule has 3 aliphatic rings. The zero-order chi connectivity index (χ0) is 15.2. The minimum atomic E-state index is -0.119. The van der Waals surface area contributed by atoms with E-state index < -0.39 is 0 Å². The number of nitrogens with zero attached hydrogens (tertiary/aromatic N) is 2. The van der Waals surface area contributed by atoms with Crippen LogP contribution in [0.1, 0.15) is 43.7 Å². The van der Waals surface area contributed by atoms with Gasteiger partial charge in [-0.15, -0.1) is 0 Å². The molecule has 0 aromatic heterocycles. The molecule has 0 radical (unpaired) electrons. The number of piperidine rings is 1. The molecule has 2 aliphatic heterocycles. The van der Waals surface area contributed by atoms with Crippen LogP contribution in [0.15, 0.2) is 30.3 Å². The summed E-state index contributed by atoms with van der Waals surface area (Å²) < 4.78 is 0. The number of hydrogen-bond donors (Lipinski definition) is 0. The summed E-state index contributed by atoms with van der Waals surface area (Å²) in [6, 6.07) is 10.9. The van der Waals surface area contributed by atoms with Crippen molar-refractivity contribution >= 4 is 5.91 Å². The van der Waals surface area contributed by atoms with Crippen LogP contribution in [0.4, 0.5) is 0 Å². The Morgan fingerprint density at radius 1 is 1.14 bits per heavy atom. The van der Waals surface area contributed by atoms with Gasteiger partial charge >= 0.3 is 0 Å². The Balaban J connectivity index is 1.47. The summed E-state index contributed by atoms with van der Waals surface area (Å²) in [5, 5.41) is 0. The molecule has 0 bridgehead atoms. The van der Waals surface area contributed by atoms with Gasteiger partial charge in [-0.05, 0) is 50.3 Å². The highest BCUT2D eigenvalue weighted by Crippen LogP contribution is 2.55. The predicted octanol–water partition coefficient (Wildman–Crippen LogP) is 3.08. The minimum Gasteiger partial charge on any atom is -0.337 e. The number of carbonyl (C=O) groups excluding carboxylic acids is 1. The van der Waals surface area contributed by atoms with E-state index in [-0.39, 0.29) is 11.5 Å². The molecule has 118 valence electrons. The topological polar surface area (TPSA) is 23.6 Å². The number of β-lactam (4-membered cyclic amide) rings is 1. The fourth-order valence-corrected chi connectivity index (χ4v) is 4.73. The predicted molar refractivity (Wildman–Crippen MR) is 87.4 cm³/mol. The van der Waals surface area contributed by atoms with E-state index in [9.17, 15) is 4.79 Å². The Morgan fingerprint density at radius 2 is 1.82 bits per heavy atom. The van der Waals surface area contributed by atoms with Gasteiger partial charge in [0.15, 0.2) is 0 Å². The number of rotatable bonds is 3. The van der Waals surface area contributed by atoms with Gasteiger partial charge in [-0.2, -0.15) is 0 Å². The van der Waals surface area contributed by atoms with E-state index in [4.69, 9.17) is 0 Å². The summed E-state index contributed by atoms with van der Waals surface area (Å²) in [6.07, 6.45) is 6.30. The van der Waals surface area contributed by atoms with Crippen molar-refractivity contribution in [3.63, 3.8) is 0 Å². The molecule has 3 fully saturated rings. The highest BCUT2D eigenvalue weighted by molar-refractivity contribution is 5.90. The lowest BCUT2D eigenvalue weighted by Gasteiger charge is -2.58. The molecule has 1 atom stereocenters. The maximum absolute atomic E-state index is 12.6. The zero-order valence-electron chi connectivity index (χ0n) is 13.5. The van der Waals surface area contributed by atoms with Crippen LogP contribution in [0, 0.1) is 11.3 Å². The van der Waals surface area contributed by atoms with Crippen molar-refractivity contribution in [3.05, 3.63) is 35.9 Å². The van der Waals surface area contributed by atoms with Crippen molar-refractivity contribution in [1.29, 1.82) is 0 Å². The monoisotopic (exact) mass is 298 g/mol. The average Bonchev–Trinajstić information content (AvgIpc) is 2.53. The molecule has 0 N–H and O–H groups in total. The van der Waals surface area contributed by atoms with Crippen molar-refractivity contribution in [3.8, 4) is 0 Å². The van der Waals surface area contributed by atoms with Crippen LogP contribution in [0.2, 0.25) is 0 Å². The summed E-state index contributed by atoms with van der Waals surface area (Å²) >= 11 is 0. The summed E-state index contributed by atoms with van der Waals surface area (Å²) in [5.74, 6) is 1.29. The maximum Gasteiger partial charge on any atom is 0.231 e. The summed E-state index contributed by atoms with van der Waals surface area (Å²) in [5.41, 5.74) is 1.18. The van der Waals surface area contributed by atoms with Crippen LogP contribution in [0.25, 0.3) is 0 Å². The molecule has 4 rings (SSSR count). The lowest BCUT2D eigenvalue weighted by molar-refractivity contribution is -0.177. The molecule has 2 saturated heterocycles. The van der Waals surface area contributed by atoms with Crippen molar-refractivity contribution < 1.29 is 4.79 Å². The van der Waals surface area contributed by atoms with Crippen molar-refractivity contribution in [2.75, 3.05) is 26.7 Å². The molecule has 1 spiro atoms. The Hall–Kier alpha value is -1.35. The highest BCUT2D eigenvalue weighted by atomic mass is 16.2. The fourth-order valence-electron chi connectivity index (χ4n) is 4.73. The summed E-state index contributed by atoms with van der Waals surface area (Å²) in [7, 11) is 1.96. The first-order valence-electron chi connectivity index (χ1n) is 8.75. The smallest absolute Gasteiger partial charge is 0.231 e. The van der Waals surface area contributed by atoms with Gasteiger partial charge in [0.2, 0.25) is 5.91 Å². The molecule has 1 saturated carbocycles. The standard InChI is InChI=1S/C19H26N2O/c1-20-17(16-8-3-2-4-9-16)19(18(20)22)10-12-21(13-11-19)14-15-6-5-7-15/h2-4,8-9,15,17H,5-7,10-14H2,1H3/t17-/m0/s1. The quantitative estimate of drug-likeness (QED) is 0.801. The minimum absolute atomic E-state index is 0.119. The van der Waals surface area contributed by atoms with E-state index in [0.29, 0.717) is 5.91 Å². The van der Waals surface area contributed by atoms with Gasteiger partial charge in [-0.25, -0.2) is 0 Å². The number of amides is 1. The van der Waals surface area contributed by atoms with E-state index >= 15 is 0 Å². The molecular formula is C19H26N2O. The van der Waals surface area contributed by atoms with Crippen LogP contribution in [-0.4, -0.2) is 42.4 Å². The van der Waals surface area contributed by atoms with Gasteiger partial charge in [-0.1, -0.05) is 36.8 Å². The number of likely N-dealkylation sites (tertiary alicyclic amines) is 2. The van der Waals surface area contributed by atoms with Gasteiger partial charge < -0.3 is 9.80 Å². The van der Waals surface area contributed by atoms with Gasteiger partial charge in [0.05, 0.1) is 11.5 Å². The second kappa shape index (κ2) is 5.38. The van der Waals surface area contributed by atoms with Gasteiger partial charge in [-0.3, -0.25) is 4.79 Å². The Labute approximate surface area is 133 Å². The van der Waals surface area contributed by atoms with Crippen LogP contribution < -0.4 is 0 Å². The lowest BCUT2D eigenvalue weighted by Crippen LogP contribution is -2.65. The van der Waals surface area contributed by atoms with E-state index in [1.807, 2.05) is 11.9 Å². The van der Waals surface area contributed by atoms with Gasteiger partial charge in [0.25, 0.3) is 0 Å². The second-order valence-corrected chi connectivity index (χ2v) is 7.48. The number of carbonyl (C=O) groups is 1. The Bertz CT molecular complexity index is 544. The van der Waals surface area contributed by atoms with E-state index in [1.165, 1.54) is 31.4 Å². The van der Waals surface area contributed by atoms with E-state index in [0.717, 1.165) is 31.8 Å². The van der Waals surface area contributed by atoms with Crippen LogP contribution in [0.3, 0.4) is 0 Å². The van der Waals surface area contributed by atoms with Crippen molar-refractivity contribution in [2.24, 2.45) is 11.3 Å². The van der Waals surface area contributed by atoms with E-state index in [2.05, 4.69) is 35.2 Å². The van der Waals surface area contributed by atoms with E-state index in [1.54, 1.807) is 0 Å². The number of benzene rings is 1. The number of hydrogen-bond acceptors (Lipinski definition) is 2. The summed E-state index contributed by atoms with van der Waals surface area (Å²) in [6.45, 7) is 3.45. The van der Waals surface area contributed by atoms with Gasteiger partial charge in [0, 0.05) is 13.6 Å². The summed E-state index contributed by atoms with van der Waals surface area (Å²) in [4.78, 5) is 17.2. The van der Waals surface area contributed by atoms with Crippen LogP contribution >= 0.6 is 0 Å². The third-order valence-corrected chi connectivity index (χ3v) is 6.26. The molecule has 2 heterocycles. The molecule has 22 heavy (non-hydrogen) atoms. The third-order valence-electron chi connectivity index (χ3n) is 6.26. The molecule has 3 nitrogen and oxygen atoms in total. The largest absolute Gasteiger partial charge is 0.337 e. The average molecular weight is 298 g/mol. The normalized spacial score (nSPS) is 28.5. The van der Waals surface area contributed by atoms with Crippen molar-refractivity contribution in [2.45, 2.75) is 38.1 Å². The third kappa shape index (κ3) is 2.10. The van der Waals surface area contributed by atoms with Crippen LogP contribution in [-0.2, 0) is 4.79 Å². The maximum atomic E-state index is 12.6. The first-order valence-corrected chi connectivity index (χ1v) is 8.75. The van der Waals surface area contributed by atoms with Crippen molar-refractivity contribution in [1.82, 2.24) is 9.80 Å². The fraction of sp³-hybridized carbons (Fsp3) is 0.632. The zero-order valence-corrected chi connectivity index (χ0v) is 13.5. The van der Waals surface area contributed by atoms with Crippen LogP contribution in [0.5, 0.6) is 0 Å². The Morgan fingerprint density at radius 3 is 2.41 bits per heavy atom. The highest BCUT2D eigenvalue weighted by Gasteiger charge is 2.59. The molecule has 1 aromatic carbocycles. The first kappa shape index (κ1) is 14.3. The Kier molecular flexibility index (Phi) is 3.48. The molecular weight excluding hydrogens is 272 g/mol. The SMILES string of the molecule is CN1C(=O)C2(CCN(CC3CCC3)CC2)[C@@H]1c1ccccc1. The molecule has 1 aliphatic carbocycles. The van der Waals surface area contributed by atoms with Gasteiger partial charge in [0.1, 0.15) is 0 Å².